The summed E-state index contributed by atoms with van der Waals surface area (Å²) >= 11 is 0. The van der Waals surface area contributed by atoms with Crippen LogP contribution in [0.5, 0.6) is 0 Å². The van der Waals surface area contributed by atoms with E-state index in [2.05, 4.69) is 16.4 Å². The molecule has 3 heterocycles. The summed E-state index contributed by atoms with van der Waals surface area (Å²) in [5, 5.41) is 25.2. The van der Waals surface area contributed by atoms with E-state index in [4.69, 9.17) is 9.15 Å². The van der Waals surface area contributed by atoms with Crippen molar-refractivity contribution in [2.75, 3.05) is 0 Å². The Morgan fingerprint density at radius 2 is 1.89 bits per heavy atom. The van der Waals surface area contributed by atoms with Crippen LogP contribution in [0.15, 0.2) is 27.9 Å². The van der Waals surface area contributed by atoms with Gasteiger partial charge in [-0.2, -0.15) is 0 Å². The second-order valence-electron chi connectivity index (χ2n) is 10.9. The van der Waals surface area contributed by atoms with Crippen molar-refractivity contribution in [3.63, 3.8) is 0 Å². The fraction of sp³-hybridized carbons (Fsp3) is 0.667. The minimum absolute atomic E-state index is 0.121. The van der Waals surface area contributed by atoms with Crippen LogP contribution in [0.3, 0.4) is 0 Å². The molecule has 1 saturated heterocycles. The van der Waals surface area contributed by atoms with Crippen LogP contribution in [0.4, 0.5) is 0 Å². The number of cyclic esters (lactones) is 1. The number of hydrogen-bond acceptors (Lipinski definition) is 8. The molecule has 194 valence electrons. The number of ether oxygens (including phenoxy) is 1. The largest absolute Gasteiger partial charge is 0.457 e. The highest BCUT2D eigenvalue weighted by Crippen LogP contribution is 2.35. The number of ketones is 1. The Balaban J connectivity index is 1.89. The van der Waals surface area contributed by atoms with E-state index < -0.39 is 35.6 Å². The number of oxazole rings is 1. The number of aliphatic hydroxyl groups is 2. The molecule has 8 heteroatoms. The van der Waals surface area contributed by atoms with Crippen LogP contribution in [-0.2, 0) is 14.3 Å². The van der Waals surface area contributed by atoms with Crippen LogP contribution in [0.2, 0.25) is 0 Å². The summed E-state index contributed by atoms with van der Waals surface area (Å²) in [5.41, 5.74) is 1.37. The number of fused-ring (bicyclic) bond motifs is 1. The molecule has 35 heavy (non-hydrogen) atoms. The first-order chi connectivity index (χ1) is 16.3. The Morgan fingerprint density at radius 3 is 2.51 bits per heavy atom. The maximum absolute atomic E-state index is 13.3. The van der Waals surface area contributed by atoms with E-state index in [0.717, 1.165) is 17.6 Å². The van der Waals surface area contributed by atoms with Crippen molar-refractivity contribution in [1.29, 1.82) is 0 Å². The average molecular weight is 489 g/mol. The van der Waals surface area contributed by atoms with Gasteiger partial charge in [-0.05, 0) is 37.8 Å². The minimum atomic E-state index is -1.24. The standard InChI is InChI=1S/C27H40N2O6/c1-14-8-9-21(15(2)11-19-13-34-18(5)28-19)35-23(31)12-22(30)27(6,7)26(33)17(4)25(32)16(3)24-20(10-14)29-24/h8,11,13,16-17,20-22,24-25,29-30,32H,9-10,12H2,1-7H3/b14-8-,15-11+/t16-,17+,20?,21+,22-,24?,25-/m0/s1. The van der Waals surface area contributed by atoms with Crippen LogP contribution in [0.1, 0.15) is 72.4 Å². The summed E-state index contributed by atoms with van der Waals surface area (Å²) in [6, 6.07) is 0.343. The summed E-state index contributed by atoms with van der Waals surface area (Å²) in [6.07, 6.45) is 3.76. The van der Waals surface area contributed by atoms with Gasteiger partial charge in [0.1, 0.15) is 23.8 Å². The topological polar surface area (TPSA) is 132 Å². The number of aryl methyl sites for hydroxylation is 1. The summed E-state index contributed by atoms with van der Waals surface area (Å²) < 4.78 is 11.1. The Bertz CT molecular complexity index is 994. The third-order valence-electron chi connectivity index (χ3n) is 7.61. The highest BCUT2D eigenvalue weighted by atomic mass is 16.5. The van der Waals surface area contributed by atoms with E-state index in [9.17, 15) is 19.8 Å². The molecule has 8 nitrogen and oxygen atoms in total. The van der Waals surface area contributed by atoms with E-state index in [1.54, 1.807) is 34.0 Å². The van der Waals surface area contributed by atoms with Gasteiger partial charge < -0.3 is 24.7 Å². The number of aliphatic hydroxyl groups excluding tert-OH is 2. The van der Waals surface area contributed by atoms with Gasteiger partial charge in [-0.25, -0.2) is 4.98 Å². The number of aromatic nitrogens is 1. The predicted octanol–water partition coefficient (Wildman–Crippen LogP) is 3.36. The van der Waals surface area contributed by atoms with Gasteiger partial charge in [-0.3, -0.25) is 9.59 Å². The number of nitrogens with zero attached hydrogens (tertiary/aromatic N) is 1. The molecule has 1 aromatic rings. The number of carbonyl (C=O) groups is 2. The first kappa shape index (κ1) is 27.3. The zero-order chi connectivity index (χ0) is 26.1. The van der Waals surface area contributed by atoms with E-state index in [1.807, 2.05) is 26.8 Å². The van der Waals surface area contributed by atoms with Crippen molar-refractivity contribution < 1.29 is 29.0 Å². The van der Waals surface area contributed by atoms with Gasteiger partial charge in [-0.15, -0.1) is 0 Å². The van der Waals surface area contributed by atoms with Crippen molar-refractivity contribution in [2.45, 2.75) is 98.1 Å². The lowest BCUT2D eigenvalue weighted by molar-refractivity contribution is -0.154. The quantitative estimate of drug-likeness (QED) is 0.328. The van der Waals surface area contributed by atoms with E-state index >= 15 is 0 Å². The molecule has 0 aliphatic carbocycles. The van der Waals surface area contributed by atoms with E-state index in [0.29, 0.717) is 18.0 Å². The maximum atomic E-state index is 13.3. The summed E-state index contributed by atoms with van der Waals surface area (Å²) in [4.78, 5) is 30.4. The third kappa shape index (κ3) is 6.48. The van der Waals surface area contributed by atoms with Gasteiger partial charge in [0.25, 0.3) is 0 Å². The molecule has 0 amide bonds. The van der Waals surface area contributed by atoms with Crippen LogP contribution in [-0.4, -0.2) is 57.3 Å². The molecule has 0 bridgehead atoms. The van der Waals surface area contributed by atoms with E-state index in [-0.39, 0.29) is 30.2 Å². The van der Waals surface area contributed by atoms with Crippen LogP contribution in [0.25, 0.3) is 6.08 Å². The molecule has 0 radical (unpaired) electrons. The van der Waals surface area contributed by atoms with Gasteiger partial charge in [0.05, 0.1) is 24.0 Å². The molecule has 0 aromatic carbocycles. The van der Waals surface area contributed by atoms with Crippen molar-refractivity contribution in [1.82, 2.24) is 10.3 Å². The number of nitrogens with one attached hydrogen (secondary N) is 1. The van der Waals surface area contributed by atoms with Crippen LogP contribution in [0, 0.1) is 24.2 Å². The molecular weight excluding hydrogens is 448 g/mol. The fourth-order valence-corrected chi connectivity index (χ4v) is 4.93. The molecule has 7 atom stereocenters. The molecule has 0 saturated carbocycles. The highest BCUT2D eigenvalue weighted by Gasteiger charge is 2.47. The third-order valence-corrected chi connectivity index (χ3v) is 7.61. The molecule has 3 rings (SSSR count). The Labute approximate surface area is 207 Å². The monoisotopic (exact) mass is 488 g/mol. The lowest BCUT2D eigenvalue weighted by Crippen LogP contribution is -2.46. The second-order valence-corrected chi connectivity index (χ2v) is 10.9. The van der Waals surface area contributed by atoms with Crippen LogP contribution >= 0.6 is 0 Å². The second kappa shape index (κ2) is 10.8. The van der Waals surface area contributed by atoms with Crippen molar-refractivity contribution in [2.24, 2.45) is 17.3 Å². The Morgan fingerprint density at radius 1 is 1.20 bits per heavy atom. The van der Waals surface area contributed by atoms with Gasteiger partial charge in [0, 0.05) is 31.3 Å². The lowest BCUT2D eigenvalue weighted by Gasteiger charge is -2.34. The van der Waals surface area contributed by atoms with Crippen molar-refractivity contribution in [3.05, 3.63) is 35.1 Å². The zero-order valence-electron chi connectivity index (χ0n) is 21.9. The van der Waals surface area contributed by atoms with E-state index in [1.165, 1.54) is 0 Å². The minimum Gasteiger partial charge on any atom is -0.457 e. The molecule has 2 unspecified atom stereocenters. The average Bonchev–Trinajstić information content (AvgIpc) is 3.43. The molecule has 2 aliphatic rings. The zero-order valence-corrected chi connectivity index (χ0v) is 21.9. The van der Waals surface area contributed by atoms with Gasteiger partial charge >= 0.3 is 5.97 Å². The smallest absolute Gasteiger partial charge is 0.309 e. The Hall–Kier alpha value is -2.29. The van der Waals surface area contributed by atoms with Gasteiger partial charge in [0.2, 0.25) is 0 Å². The Kier molecular flexibility index (Phi) is 8.40. The van der Waals surface area contributed by atoms with Crippen LogP contribution < -0.4 is 5.32 Å². The molecule has 2 aliphatic heterocycles. The predicted molar refractivity (Wildman–Crippen MR) is 132 cm³/mol. The van der Waals surface area contributed by atoms with Gasteiger partial charge in [-0.1, -0.05) is 39.3 Å². The summed E-state index contributed by atoms with van der Waals surface area (Å²) in [5.74, 6) is -1.11. The molecule has 0 spiro atoms. The molecule has 3 N–H and O–H groups in total. The molecule has 1 fully saturated rings. The fourth-order valence-electron chi connectivity index (χ4n) is 4.93. The first-order valence-corrected chi connectivity index (χ1v) is 12.4. The SMILES string of the molecule is C/C1=C/C[C@H](/C(C)=C/c2coc(C)n2)OC(=O)C[C@H](O)C(C)(C)C(=O)[C@H](C)[C@@H](O)[C@@H](C)C2NC2C1. The number of Topliss-reactive ketones (excluding diaryl/α,β-unsaturated/α-hetero) is 1. The molecular formula is C27H40N2O6. The lowest BCUT2D eigenvalue weighted by atomic mass is 9.73. The summed E-state index contributed by atoms with van der Waals surface area (Å²) in [6.45, 7) is 12.5. The number of rotatable bonds is 2. The maximum Gasteiger partial charge on any atom is 0.309 e. The van der Waals surface area contributed by atoms with Crippen molar-refractivity contribution >= 4 is 17.8 Å². The van der Waals surface area contributed by atoms with Crippen molar-refractivity contribution in [3.8, 4) is 0 Å². The first-order valence-electron chi connectivity index (χ1n) is 12.4. The highest BCUT2D eigenvalue weighted by molar-refractivity contribution is 5.88. The van der Waals surface area contributed by atoms with Gasteiger partial charge in [0.15, 0.2) is 5.89 Å². The number of carbonyl (C=O) groups excluding carboxylic acids is 2. The number of hydrogen-bond donors (Lipinski definition) is 3. The molecule has 1 aromatic heterocycles. The summed E-state index contributed by atoms with van der Waals surface area (Å²) in [7, 11) is 0. The normalized spacial score (nSPS) is 36.7. The number of esters is 1.